The van der Waals surface area contributed by atoms with Gasteiger partial charge in [-0.25, -0.2) is 18.4 Å². The van der Waals surface area contributed by atoms with Gasteiger partial charge in [-0.3, -0.25) is 4.98 Å². The van der Waals surface area contributed by atoms with Gasteiger partial charge in [-0.15, -0.1) is 0 Å². The fourth-order valence-electron chi connectivity index (χ4n) is 2.14. The number of nitrogens with two attached hydrogens (primary N) is 1. The second-order valence-corrected chi connectivity index (χ2v) is 6.91. The molecule has 23 heavy (non-hydrogen) atoms. The summed E-state index contributed by atoms with van der Waals surface area (Å²) in [4.78, 5) is 12.1. The van der Waals surface area contributed by atoms with Crippen LogP contribution in [0.5, 0.6) is 0 Å². The zero-order valence-electron chi connectivity index (χ0n) is 12.3. The fourth-order valence-corrected chi connectivity index (χ4v) is 3.50. The zero-order chi connectivity index (χ0) is 16.4. The van der Waals surface area contributed by atoms with Crippen LogP contribution in [0.2, 0.25) is 0 Å². The Morgan fingerprint density at radius 3 is 2.30 bits per heavy atom. The van der Waals surface area contributed by atoms with Crippen LogP contribution in [0.3, 0.4) is 0 Å². The Morgan fingerprint density at radius 2 is 1.65 bits per heavy atom. The van der Waals surface area contributed by atoms with Crippen molar-refractivity contribution in [1.29, 1.82) is 0 Å². The third-order valence-corrected chi connectivity index (χ3v) is 5.12. The molecule has 6 nitrogen and oxygen atoms in total. The number of hydrogen-bond acceptors (Lipinski definition) is 6. The van der Waals surface area contributed by atoms with E-state index in [1.807, 2.05) is 6.92 Å². The molecule has 0 radical (unpaired) electrons. The van der Waals surface area contributed by atoms with Crippen LogP contribution in [0, 0.1) is 6.92 Å². The topological polar surface area (TPSA) is 98.8 Å². The second kappa shape index (κ2) is 5.77. The SMILES string of the molecule is Cc1ccc(S(=O)(=O)c2cnc(N)nc2-c2ccncc2)cc1. The fraction of sp³-hybridized carbons (Fsp3) is 0.0625. The standard InChI is InChI=1S/C16H14N4O2S/c1-11-2-4-13(5-3-11)23(21,22)14-10-19-16(17)20-15(14)12-6-8-18-9-7-12/h2-10H,1H3,(H2,17,19,20). The lowest BCUT2D eigenvalue weighted by molar-refractivity contribution is 0.595. The van der Waals surface area contributed by atoms with Crippen LogP contribution in [-0.2, 0) is 9.84 Å². The first kappa shape index (κ1) is 15.1. The first-order valence-corrected chi connectivity index (χ1v) is 8.31. The molecule has 0 unspecified atom stereocenters. The number of sulfone groups is 1. The molecular formula is C16H14N4O2S. The molecule has 3 rings (SSSR count). The molecule has 0 aliphatic heterocycles. The Hall–Kier alpha value is -2.80. The number of anilines is 1. The maximum Gasteiger partial charge on any atom is 0.220 e. The number of aromatic nitrogens is 3. The third-order valence-electron chi connectivity index (χ3n) is 3.35. The van der Waals surface area contributed by atoms with Gasteiger partial charge in [0.25, 0.3) is 0 Å². The highest BCUT2D eigenvalue weighted by Gasteiger charge is 2.24. The van der Waals surface area contributed by atoms with Crippen LogP contribution in [0.25, 0.3) is 11.3 Å². The van der Waals surface area contributed by atoms with E-state index in [0.29, 0.717) is 5.56 Å². The molecule has 0 amide bonds. The number of benzene rings is 1. The number of rotatable bonds is 3. The first-order valence-electron chi connectivity index (χ1n) is 6.83. The van der Waals surface area contributed by atoms with E-state index in [9.17, 15) is 8.42 Å². The van der Waals surface area contributed by atoms with E-state index in [1.54, 1.807) is 48.8 Å². The highest BCUT2D eigenvalue weighted by Crippen LogP contribution is 2.29. The van der Waals surface area contributed by atoms with Gasteiger partial charge in [0.15, 0.2) is 0 Å². The molecule has 0 aliphatic carbocycles. The third kappa shape index (κ3) is 2.91. The Kier molecular flexibility index (Phi) is 3.79. The molecular weight excluding hydrogens is 312 g/mol. The van der Waals surface area contributed by atoms with E-state index >= 15 is 0 Å². The van der Waals surface area contributed by atoms with Crippen LogP contribution in [0.1, 0.15) is 5.56 Å². The average molecular weight is 326 g/mol. The summed E-state index contributed by atoms with van der Waals surface area (Å²) in [5, 5.41) is 0. The summed E-state index contributed by atoms with van der Waals surface area (Å²) >= 11 is 0. The average Bonchev–Trinajstić information content (AvgIpc) is 2.56. The summed E-state index contributed by atoms with van der Waals surface area (Å²) in [7, 11) is -3.75. The monoisotopic (exact) mass is 326 g/mol. The molecule has 0 atom stereocenters. The normalized spacial score (nSPS) is 11.3. The molecule has 0 fully saturated rings. The van der Waals surface area contributed by atoms with Gasteiger partial charge >= 0.3 is 0 Å². The Bertz CT molecular complexity index is 940. The van der Waals surface area contributed by atoms with Crippen molar-refractivity contribution in [3.63, 3.8) is 0 Å². The highest BCUT2D eigenvalue weighted by atomic mass is 32.2. The van der Waals surface area contributed by atoms with E-state index in [1.165, 1.54) is 6.20 Å². The smallest absolute Gasteiger partial charge is 0.220 e. The quantitative estimate of drug-likeness (QED) is 0.792. The number of pyridine rings is 1. The second-order valence-electron chi connectivity index (χ2n) is 4.99. The summed E-state index contributed by atoms with van der Waals surface area (Å²) in [6, 6.07) is 9.98. The van der Waals surface area contributed by atoms with Gasteiger partial charge in [0.05, 0.1) is 16.8 Å². The number of hydrogen-bond donors (Lipinski definition) is 1. The van der Waals surface area contributed by atoms with Crippen LogP contribution in [0.15, 0.2) is 64.8 Å². The molecule has 0 saturated heterocycles. The minimum absolute atomic E-state index is 0.0136. The van der Waals surface area contributed by atoms with Crippen molar-refractivity contribution in [2.75, 3.05) is 5.73 Å². The van der Waals surface area contributed by atoms with Gasteiger partial charge in [0.2, 0.25) is 15.8 Å². The summed E-state index contributed by atoms with van der Waals surface area (Å²) in [5.74, 6) is 0.0136. The molecule has 2 N–H and O–H groups in total. The zero-order valence-corrected chi connectivity index (χ0v) is 13.2. The molecule has 1 aromatic carbocycles. The molecule has 3 aromatic rings. The minimum atomic E-state index is -3.75. The van der Waals surface area contributed by atoms with Crippen LogP contribution in [-0.4, -0.2) is 23.4 Å². The van der Waals surface area contributed by atoms with Gasteiger partial charge in [0, 0.05) is 18.0 Å². The summed E-state index contributed by atoms with van der Waals surface area (Å²) in [6.45, 7) is 1.89. The summed E-state index contributed by atoms with van der Waals surface area (Å²) in [6.07, 6.45) is 4.37. The van der Waals surface area contributed by atoms with Crippen LogP contribution < -0.4 is 5.73 Å². The first-order chi connectivity index (χ1) is 11.0. The van der Waals surface area contributed by atoms with E-state index in [4.69, 9.17) is 5.73 Å². The number of aryl methyl sites for hydroxylation is 1. The van der Waals surface area contributed by atoms with E-state index in [-0.39, 0.29) is 21.4 Å². The lowest BCUT2D eigenvalue weighted by atomic mass is 10.2. The Balaban J connectivity index is 2.22. The van der Waals surface area contributed by atoms with Gasteiger partial charge < -0.3 is 5.73 Å². The molecule has 116 valence electrons. The lowest BCUT2D eigenvalue weighted by Crippen LogP contribution is -2.08. The number of nitrogen functional groups attached to an aromatic ring is 1. The predicted octanol–water partition coefficient (Wildman–Crippen LogP) is 2.26. The maximum absolute atomic E-state index is 12.9. The molecule has 0 spiro atoms. The van der Waals surface area contributed by atoms with Gasteiger partial charge in [-0.1, -0.05) is 17.7 Å². The van der Waals surface area contributed by atoms with E-state index < -0.39 is 9.84 Å². The molecule has 7 heteroatoms. The molecule has 2 aromatic heterocycles. The maximum atomic E-state index is 12.9. The van der Waals surface area contributed by atoms with Crippen LogP contribution in [0.4, 0.5) is 5.95 Å². The van der Waals surface area contributed by atoms with Crippen molar-refractivity contribution in [3.8, 4) is 11.3 Å². The van der Waals surface area contributed by atoms with Gasteiger partial charge in [-0.05, 0) is 31.2 Å². The summed E-state index contributed by atoms with van der Waals surface area (Å²) in [5.41, 5.74) is 7.49. The molecule has 0 bridgehead atoms. The Labute approximate surface area is 134 Å². The molecule has 0 aliphatic rings. The lowest BCUT2D eigenvalue weighted by Gasteiger charge is -2.10. The van der Waals surface area contributed by atoms with Gasteiger partial charge in [0.1, 0.15) is 4.90 Å². The molecule has 0 saturated carbocycles. The predicted molar refractivity (Wildman–Crippen MR) is 86.3 cm³/mol. The summed E-state index contributed by atoms with van der Waals surface area (Å²) < 4.78 is 25.8. The van der Waals surface area contributed by atoms with Crippen molar-refractivity contribution in [2.45, 2.75) is 16.7 Å². The van der Waals surface area contributed by atoms with E-state index in [2.05, 4.69) is 15.0 Å². The molecule has 2 heterocycles. The van der Waals surface area contributed by atoms with Gasteiger partial charge in [-0.2, -0.15) is 0 Å². The van der Waals surface area contributed by atoms with Crippen molar-refractivity contribution in [1.82, 2.24) is 15.0 Å². The van der Waals surface area contributed by atoms with E-state index in [0.717, 1.165) is 5.56 Å². The number of nitrogens with zero attached hydrogens (tertiary/aromatic N) is 3. The highest BCUT2D eigenvalue weighted by molar-refractivity contribution is 7.91. The minimum Gasteiger partial charge on any atom is -0.368 e. The van der Waals surface area contributed by atoms with Crippen molar-refractivity contribution in [2.24, 2.45) is 0 Å². The van der Waals surface area contributed by atoms with Crippen molar-refractivity contribution in [3.05, 3.63) is 60.6 Å². The van der Waals surface area contributed by atoms with Crippen molar-refractivity contribution >= 4 is 15.8 Å². The van der Waals surface area contributed by atoms with Crippen LogP contribution >= 0.6 is 0 Å². The largest absolute Gasteiger partial charge is 0.368 e. The Morgan fingerprint density at radius 1 is 1.00 bits per heavy atom. The van der Waals surface area contributed by atoms with Crippen molar-refractivity contribution < 1.29 is 8.42 Å².